The van der Waals surface area contributed by atoms with E-state index in [4.69, 9.17) is 9.47 Å². The van der Waals surface area contributed by atoms with E-state index in [9.17, 15) is 5.11 Å². The maximum Gasteiger partial charge on any atom is 0.165 e. The van der Waals surface area contributed by atoms with E-state index in [1.165, 1.54) is 0 Å². The fraction of sp³-hybridized carbons (Fsp3) is 0.571. The van der Waals surface area contributed by atoms with Crippen LogP contribution in [0.4, 0.5) is 0 Å². The highest BCUT2D eigenvalue weighted by Crippen LogP contribution is 2.34. The Labute approximate surface area is 109 Å². The van der Waals surface area contributed by atoms with Gasteiger partial charge in [0.15, 0.2) is 11.5 Å². The molecule has 0 bridgehead atoms. The first-order chi connectivity index (χ1) is 8.63. The summed E-state index contributed by atoms with van der Waals surface area (Å²) in [5, 5.41) is 12.8. The summed E-state index contributed by atoms with van der Waals surface area (Å²) in [5.74, 6) is 1.88. The van der Waals surface area contributed by atoms with Gasteiger partial charge < -0.3 is 19.9 Å². The van der Waals surface area contributed by atoms with Gasteiger partial charge in [-0.1, -0.05) is 26.0 Å². The first-order valence-electron chi connectivity index (χ1n) is 6.19. The molecule has 0 amide bonds. The van der Waals surface area contributed by atoms with Crippen LogP contribution in [0.15, 0.2) is 18.2 Å². The lowest BCUT2D eigenvalue weighted by Crippen LogP contribution is -2.28. The number of rotatable bonds is 7. The molecule has 1 unspecified atom stereocenters. The highest BCUT2D eigenvalue weighted by Gasteiger charge is 2.18. The van der Waals surface area contributed by atoms with E-state index in [-0.39, 0.29) is 12.6 Å². The fourth-order valence-electron chi connectivity index (χ4n) is 1.84. The SMILES string of the molecule is COc1cccc(C(CO)NCC(C)C)c1OC. The van der Waals surface area contributed by atoms with E-state index in [1.807, 2.05) is 18.2 Å². The quantitative estimate of drug-likeness (QED) is 0.780. The van der Waals surface area contributed by atoms with Gasteiger partial charge in [0.2, 0.25) is 0 Å². The summed E-state index contributed by atoms with van der Waals surface area (Å²) in [6.07, 6.45) is 0. The zero-order chi connectivity index (χ0) is 13.5. The largest absolute Gasteiger partial charge is 0.493 e. The average molecular weight is 253 g/mol. The second-order valence-electron chi connectivity index (χ2n) is 4.62. The van der Waals surface area contributed by atoms with Crippen molar-refractivity contribution >= 4 is 0 Å². The number of ether oxygens (including phenoxy) is 2. The molecular weight excluding hydrogens is 230 g/mol. The molecule has 1 rings (SSSR count). The monoisotopic (exact) mass is 253 g/mol. The maximum atomic E-state index is 9.52. The summed E-state index contributed by atoms with van der Waals surface area (Å²) in [5.41, 5.74) is 0.917. The Morgan fingerprint density at radius 3 is 2.44 bits per heavy atom. The van der Waals surface area contributed by atoms with Crippen LogP contribution in [0.1, 0.15) is 25.5 Å². The summed E-state index contributed by atoms with van der Waals surface area (Å²) in [4.78, 5) is 0. The van der Waals surface area contributed by atoms with E-state index in [0.717, 1.165) is 12.1 Å². The number of methoxy groups -OCH3 is 2. The van der Waals surface area contributed by atoms with Crippen molar-refractivity contribution in [3.05, 3.63) is 23.8 Å². The van der Waals surface area contributed by atoms with Crippen LogP contribution in [0.25, 0.3) is 0 Å². The van der Waals surface area contributed by atoms with Crippen LogP contribution in [0, 0.1) is 5.92 Å². The number of para-hydroxylation sites is 1. The van der Waals surface area contributed by atoms with Crippen LogP contribution in [0.2, 0.25) is 0 Å². The Morgan fingerprint density at radius 2 is 1.94 bits per heavy atom. The molecule has 0 aromatic heterocycles. The predicted octanol–water partition coefficient (Wildman–Crippen LogP) is 1.98. The van der Waals surface area contributed by atoms with Gasteiger partial charge in [-0.25, -0.2) is 0 Å². The van der Waals surface area contributed by atoms with Crippen LogP contribution in [0.5, 0.6) is 11.5 Å². The average Bonchev–Trinajstić information content (AvgIpc) is 2.38. The molecule has 1 aromatic rings. The molecule has 0 spiro atoms. The third-order valence-electron chi connectivity index (χ3n) is 2.76. The summed E-state index contributed by atoms with van der Waals surface area (Å²) in [7, 11) is 3.22. The molecule has 0 saturated carbocycles. The molecule has 2 N–H and O–H groups in total. The summed E-state index contributed by atoms with van der Waals surface area (Å²) in [6, 6.07) is 5.54. The topological polar surface area (TPSA) is 50.7 Å². The van der Waals surface area contributed by atoms with Crippen molar-refractivity contribution in [1.29, 1.82) is 0 Å². The Balaban J connectivity index is 2.97. The second kappa shape index (κ2) is 7.24. The molecule has 18 heavy (non-hydrogen) atoms. The van der Waals surface area contributed by atoms with Gasteiger partial charge in [0.25, 0.3) is 0 Å². The molecule has 4 heteroatoms. The first kappa shape index (κ1) is 14.8. The Kier molecular flexibility index (Phi) is 5.95. The van der Waals surface area contributed by atoms with Crippen molar-refractivity contribution in [2.45, 2.75) is 19.9 Å². The summed E-state index contributed by atoms with van der Waals surface area (Å²) < 4.78 is 10.6. The number of aliphatic hydroxyl groups excluding tert-OH is 1. The molecule has 0 aliphatic heterocycles. The van der Waals surface area contributed by atoms with Gasteiger partial charge >= 0.3 is 0 Å². The van der Waals surface area contributed by atoms with E-state index in [1.54, 1.807) is 14.2 Å². The molecule has 0 saturated heterocycles. The number of aliphatic hydroxyl groups is 1. The minimum Gasteiger partial charge on any atom is -0.493 e. The van der Waals surface area contributed by atoms with Crippen molar-refractivity contribution in [2.24, 2.45) is 5.92 Å². The van der Waals surface area contributed by atoms with Crippen molar-refractivity contribution in [3.8, 4) is 11.5 Å². The highest BCUT2D eigenvalue weighted by atomic mass is 16.5. The minimum absolute atomic E-state index is 0.0241. The van der Waals surface area contributed by atoms with Gasteiger partial charge in [-0.2, -0.15) is 0 Å². The number of hydrogen-bond acceptors (Lipinski definition) is 4. The first-order valence-corrected chi connectivity index (χ1v) is 6.19. The molecule has 0 fully saturated rings. The lowest BCUT2D eigenvalue weighted by atomic mass is 10.0. The molecule has 0 aliphatic carbocycles. The summed E-state index contributed by atoms with van der Waals surface area (Å²) in [6.45, 7) is 5.12. The van der Waals surface area contributed by atoms with E-state index < -0.39 is 0 Å². The Hall–Kier alpha value is -1.26. The molecule has 0 radical (unpaired) electrons. The van der Waals surface area contributed by atoms with Crippen molar-refractivity contribution < 1.29 is 14.6 Å². The lowest BCUT2D eigenvalue weighted by Gasteiger charge is -2.21. The molecule has 1 aromatic carbocycles. The highest BCUT2D eigenvalue weighted by molar-refractivity contribution is 5.48. The van der Waals surface area contributed by atoms with Crippen LogP contribution in [-0.2, 0) is 0 Å². The van der Waals surface area contributed by atoms with Gasteiger partial charge in [-0.3, -0.25) is 0 Å². The normalized spacial score (nSPS) is 12.6. The van der Waals surface area contributed by atoms with Gasteiger partial charge in [-0.15, -0.1) is 0 Å². The maximum absolute atomic E-state index is 9.52. The molecule has 0 heterocycles. The summed E-state index contributed by atoms with van der Waals surface area (Å²) >= 11 is 0. The van der Waals surface area contributed by atoms with Crippen molar-refractivity contribution in [1.82, 2.24) is 5.32 Å². The smallest absolute Gasteiger partial charge is 0.165 e. The predicted molar refractivity (Wildman–Crippen MR) is 72.2 cm³/mol. The minimum atomic E-state index is -0.141. The van der Waals surface area contributed by atoms with Crippen LogP contribution < -0.4 is 14.8 Å². The van der Waals surface area contributed by atoms with E-state index in [2.05, 4.69) is 19.2 Å². The van der Waals surface area contributed by atoms with Crippen molar-refractivity contribution in [3.63, 3.8) is 0 Å². The molecular formula is C14H23NO3. The Bertz CT molecular complexity index is 366. The third kappa shape index (κ3) is 3.62. The number of benzene rings is 1. The van der Waals surface area contributed by atoms with Gasteiger partial charge in [0, 0.05) is 5.56 Å². The van der Waals surface area contributed by atoms with Crippen LogP contribution in [0.3, 0.4) is 0 Å². The standard InChI is InChI=1S/C14H23NO3/c1-10(2)8-15-12(9-16)11-6-5-7-13(17-3)14(11)18-4/h5-7,10,12,15-16H,8-9H2,1-4H3. The van der Waals surface area contributed by atoms with Crippen LogP contribution >= 0.6 is 0 Å². The number of hydrogen-bond donors (Lipinski definition) is 2. The molecule has 1 atom stereocenters. The lowest BCUT2D eigenvalue weighted by molar-refractivity contribution is 0.236. The van der Waals surface area contributed by atoms with E-state index in [0.29, 0.717) is 17.4 Å². The van der Waals surface area contributed by atoms with Gasteiger partial charge in [0.05, 0.1) is 26.9 Å². The Morgan fingerprint density at radius 1 is 1.22 bits per heavy atom. The van der Waals surface area contributed by atoms with Gasteiger partial charge in [0.1, 0.15) is 0 Å². The molecule has 102 valence electrons. The van der Waals surface area contributed by atoms with Crippen LogP contribution in [-0.4, -0.2) is 32.5 Å². The number of nitrogens with one attached hydrogen (secondary N) is 1. The fourth-order valence-corrected chi connectivity index (χ4v) is 1.84. The van der Waals surface area contributed by atoms with Gasteiger partial charge in [-0.05, 0) is 18.5 Å². The molecule has 0 aliphatic rings. The zero-order valence-corrected chi connectivity index (χ0v) is 11.6. The van der Waals surface area contributed by atoms with E-state index >= 15 is 0 Å². The second-order valence-corrected chi connectivity index (χ2v) is 4.62. The molecule has 4 nitrogen and oxygen atoms in total. The van der Waals surface area contributed by atoms with Crippen molar-refractivity contribution in [2.75, 3.05) is 27.4 Å². The third-order valence-corrected chi connectivity index (χ3v) is 2.76. The zero-order valence-electron chi connectivity index (χ0n) is 11.6.